The minimum Gasteiger partial charge on any atom is -0.368 e. The van der Waals surface area contributed by atoms with Crippen LogP contribution in [0.2, 0.25) is 0 Å². The number of nitrogens with one attached hydrogen (secondary N) is 1. The van der Waals surface area contributed by atoms with Gasteiger partial charge in [0.2, 0.25) is 11.9 Å². The Hall–Kier alpha value is -1.69. The van der Waals surface area contributed by atoms with E-state index in [1.54, 1.807) is 12.4 Å². The fourth-order valence-corrected chi connectivity index (χ4v) is 2.93. The maximum absolute atomic E-state index is 11.9. The first-order chi connectivity index (χ1) is 10.3. The number of nitrogens with zero attached hydrogens (tertiary/aromatic N) is 3. The molecule has 0 saturated carbocycles. The lowest BCUT2D eigenvalue weighted by Gasteiger charge is -2.32. The standard InChI is InChI=1S/C15H22N4O2/c20-14(13-3-1-10-21-13)18-11-12-4-8-19(9-5-12)15-16-6-2-7-17-15/h2,6-7,12-13H,1,3-5,8-11H2,(H,18,20)/t13-/m1/s1. The van der Waals surface area contributed by atoms with Gasteiger partial charge in [0, 0.05) is 38.6 Å². The van der Waals surface area contributed by atoms with Gasteiger partial charge in [-0.05, 0) is 37.7 Å². The average molecular weight is 290 g/mol. The monoisotopic (exact) mass is 290 g/mol. The summed E-state index contributed by atoms with van der Waals surface area (Å²) in [7, 11) is 0. The highest BCUT2D eigenvalue weighted by atomic mass is 16.5. The average Bonchev–Trinajstić information content (AvgIpc) is 3.08. The summed E-state index contributed by atoms with van der Waals surface area (Å²) < 4.78 is 5.39. The van der Waals surface area contributed by atoms with Crippen molar-refractivity contribution >= 4 is 11.9 Å². The molecule has 114 valence electrons. The minimum absolute atomic E-state index is 0.0568. The van der Waals surface area contributed by atoms with Crippen LogP contribution in [0.15, 0.2) is 18.5 Å². The van der Waals surface area contributed by atoms with E-state index in [0.29, 0.717) is 12.5 Å². The van der Waals surface area contributed by atoms with E-state index in [9.17, 15) is 4.79 Å². The number of aromatic nitrogens is 2. The van der Waals surface area contributed by atoms with Crippen LogP contribution in [0.4, 0.5) is 5.95 Å². The number of amides is 1. The molecule has 0 bridgehead atoms. The molecular formula is C15H22N4O2. The van der Waals surface area contributed by atoms with Gasteiger partial charge in [-0.2, -0.15) is 0 Å². The second-order valence-electron chi connectivity index (χ2n) is 5.73. The number of hydrogen-bond donors (Lipinski definition) is 1. The normalized spacial score (nSPS) is 23.2. The van der Waals surface area contributed by atoms with Crippen LogP contribution in [0.3, 0.4) is 0 Å². The maximum Gasteiger partial charge on any atom is 0.249 e. The van der Waals surface area contributed by atoms with E-state index in [4.69, 9.17) is 4.74 Å². The molecule has 1 N–H and O–H groups in total. The zero-order valence-corrected chi connectivity index (χ0v) is 12.2. The molecule has 3 rings (SSSR count). The summed E-state index contributed by atoms with van der Waals surface area (Å²) in [6.45, 7) is 3.37. The van der Waals surface area contributed by atoms with Gasteiger partial charge < -0.3 is 15.0 Å². The number of carbonyl (C=O) groups is 1. The van der Waals surface area contributed by atoms with Crippen LogP contribution in [-0.2, 0) is 9.53 Å². The largest absolute Gasteiger partial charge is 0.368 e. The van der Waals surface area contributed by atoms with Crippen molar-refractivity contribution in [3.63, 3.8) is 0 Å². The SMILES string of the molecule is O=C(NCC1CCN(c2ncccn2)CC1)[C@H]1CCCO1. The quantitative estimate of drug-likeness (QED) is 0.895. The van der Waals surface area contributed by atoms with Crippen LogP contribution in [0.5, 0.6) is 0 Å². The van der Waals surface area contributed by atoms with E-state index in [2.05, 4.69) is 20.2 Å². The second-order valence-corrected chi connectivity index (χ2v) is 5.73. The first kappa shape index (κ1) is 14.3. The molecule has 0 unspecified atom stereocenters. The molecule has 6 nitrogen and oxygen atoms in total. The van der Waals surface area contributed by atoms with Crippen LogP contribution >= 0.6 is 0 Å². The summed E-state index contributed by atoms with van der Waals surface area (Å²) >= 11 is 0. The van der Waals surface area contributed by atoms with Gasteiger partial charge in [-0.15, -0.1) is 0 Å². The van der Waals surface area contributed by atoms with Gasteiger partial charge in [0.05, 0.1) is 0 Å². The van der Waals surface area contributed by atoms with Crippen molar-refractivity contribution in [2.45, 2.75) is 31.8 Å². The van der Waals surface area contributed by atoms with Gasteiger partial charge in [0.25, 0.3) is 0 Å². The summed E-state index contributed by atoms with van der Waals surface area (Å²) in [6.07, 6.45) is 7.30. The minimum atomic E-state index is -0.220. The van der Waals surface area contributed by atoms with Gasteiger partial charge in [0.15, 0.2) is 0 Å². The van der Waals surface area contributed by atoms with Crippen LogP contribution in [0, 0.1) is 5.92 Å². The third-order valence-corrected chi connectivity index (χ3v) is 4.24. The van der Waals surface area contributed by atoms with Gasteiger partial charge >= 0.3 is 0 Å². The number of hydrogen-bond acceptors (Lipinski definition) is 5. The fraction of sp³-hybridized carbons (Fsp3) is 0.667. The maximum atomic E-state index is 11.9. The molecule has 2 aliphatic heterocycles. The van der Waals surface area contributed by atoms with E-state index in [0.717, 1.165) is 51.3 Å². The molecule has 0 aromatic carbocycles. The Morgan fingerprint density at radius 1 is 1.29 bits per heavy atom. The Morgan fingerprint density at radius 3 is 2.71 bits per heavy atom. The van der Waals surface area contributed by atoms with Crippen LogP contribution < -0.4 is 10.2 Å². The highest BCUT2D eigenvalue weighted by Crippen LogP contribution is 2.20. The fourth-order valence-electron chi connectivity index (χ4n) is 2.93. The summed E-state index contributed by atoms with van der Waals surface area (Å²) in [4.78, 5) is 22.7. The molecule has 2 fully saturated rings. The number of ether oxygens (including phenoxy) is 1. The summed E-state index contributed by atoms with van der Waals surface area (Å²) in [5, 5.41) is 3.04. The van der Waals surface area contributed by atoms with Gasteiger partial charge in [-0.25, -0.2) is 9.97 Å². The first-order valence-corrected chi connectivity index (χ1v) is 7.74. The van der Waals surface area contributed by atoms with E-state index in [-0.39, 0.29) is 12.0 Å². The molecule has 1 amide bonds. The molecule has 6 heteroatoms. The number of rotatable bonds is 4. The molecule has 2 aliphatic rings. The first-order valence-electron chi connectivity index (χ1n) is 7.74. The van der Waals surface area contributed by atoms with Crippen molar-refractivity contribution in [2.75, 3.05) is 31.1 Å². The van der Waals surface area contributed by atoms with Gasteiger partial charge in [-0.3, -0.25) is 4.79 Å². The van der Waals surface area contributed by atoms with Gasteiger partial charge in [-0.1, -0.05) is 0 Å². The predicted molar refractivity (Wildman–Crippen MR) is 79.0 cm³/mol. The van der Waals surface area contributed by atoms with Crippen molar-refractivity contribution in [2.24, 2.45) is 5.92 Å². The molecule has 0 spiro atoms. The van der Waals surface area contributed by atoms with Crippen LogP contribution in [-0.4, -0.2) is 48.2 Å². The third kappa shape index (κ3) is 3.69. The Labute approximate surface area is 124 Å². The Bertz CT molecular complexity index is 454. The summed E-state index contributed by atoms with van der Waals surface area (Å²) in [5.41, 5.74) is 0. The topological polar surface area (TPSA) is 67.4 Å². The molecule has 21 heavy (non-hydrogen) atoms. The Kier molecular flexibility index (Phi) is 4.65. The molecule has 1 aromatic rings. The molecule has 0 aliphatic carbocycles. The van der Waals surface area contributed by atoms with E-state index < -0.39 is 0 Å². The lowest BCUT2D eigenvalue weighted by atomic mass is 9.97. The summed E-state index contributed by atoms with van der Waals surface area (Å²) in [5.74, 6) is 1.40. The number of piperidine rings is 1. The van der Waals surface area contributed by atoms with E-state index in [1.807, 2.05) is 6.07 Å². The lowest BCUT2D eigenvalue weighted by Crippen LogP contribution is -2.41. The third-order valence-electron chi connectivity index (χ3n) is 4.24. The Balaban J connectivity index is 1.40. The van der Waals surface area contributed by atoms with Crippen molar-refractivity contribution in [3.05, 3.63) is 18.5 Å². The molecule has 3 heterocycles. The highest BCUT2D eigenvalue weighted by molar-refractivity contribution is 5.80. The van der Waals surface area contributed by atoms with E-state index in [1.165, 1.54) is 0 Å². The Morgan fingerprint density at radius 2 is 2.05 bits per heavy atom. The summed E-state index contributed by atoms with van der Waals surface area (Å²) in [6, 6.07) is 1.83. The predicted octanol–water partition coefficient (Wildman–Crippen LogP) is 0.988. The van der Waals surface area contributed by atoms with Crippen molar-refractivity contribution < 1.29 is 9.53 Å². The molecule has 1 atom stereocenters. The zero-order chi connectivity index (χ0) is 14.5. The van der Waals surface area contributed by atoms with Crippen molar-refractivity contribution in [1.82, 2.24) is 15.3 Å². The van der Waals surface area contributed by atoms with Crippen molar-refractivity contribution in [3.8, 4) is 0 Å². The van der Waals surface area contributed by atoms with E-state index >= 15 is 0 Å². The lowest BCUT2D eigenvalue weighted by molar-refractivity contribution is -0.130. The van der Waals surface area contributed by atoms with Crippen LogP contribution in [0.1, 0.15) is 25.7 Å². The molecular weight excluding hydrogens is 268 g/mol. The second kappa shape index (κ2) is 6.85. The van der Waals surface area contributed by atoms with Crippen molar-refractivity contribution in [1.29, 1.82) is 0 Å². The number of anilines is 1. The molecule has 1 aromatic heterocycles. The zero-order valence-electron chi connectivity index (χ0n) is 12.2. The van der Waals surface area contributed by atoms with Gasteiger partial charge in [0.1, 0.15) is 6.10 Å². The highest BCUT2D eigenvalue weighted by Gasteiger charge is 2.25. The molecule has 0 radical (unpaired) electrons. The number of carbonyl (C=O) groups excluding carboxylic acids is 1. The van der Waals surface area contributed by atoms with Crippen LogP contribution in [0.25, 0.3) is 0 Å². The molecule has 2 saturated heterocycles. The smallest absolute Gasteiger partial charge is 0.249 e.